The molecule has 0 aromatic heterocycles. The van der Waals surface area contributed by atoms with Gasteiger partial charge in [0.25, 0.3) is 0 Å². The van der Waals surface area contributed by atoms with E-state index in [0.29, 0.717) is 0 Å². The normalized spacial score (nSPS) is 12.6. The van der Waals surface area contributed by atoms with Crippen LogP contribution < -0.4 is 0 Å². The first-order valence-electron chi connectivity index (χ1n) is 23.8. The Morgan fingerprint density at radius 2 is 0.721 bits per heavy atom. The van der Waals surface area contributed by atoms with Crippen molar-refractivity contribution in [3.05, 3.63) is 259 Å². The molecule has 0 aliphatic heterocycles. The van der Waals surface area contributed by atoms with Gasteiger partial charge in [-0.1, -0.05) is 231 Å². The van der Waals surface area contributed by atoms with Gasteiger partial charge >= 0.3 is 0 Å². The van der Waals surface area contributed by atoms with E-state index >= 15 is 0 Å². The van der Waals surface area contributed by atoms with E-state index in [2.05, 4.69) is 270 Å². The zero-order valence-corrected chi connectivity index (χ0v) is 39.1. The molecule has 0 radical (unpaired) electrons. The highest BCUT2D eigenvalue weighted by Crippen LogP contribution is 2.46. The third kappa shape index (κ3) is 7.74. The molecule has 0 fully saturated rings. The molecular formula is C68H52. The summed E-state index contributed by atoms with van der Waals surface area (Å²) in [7, 11) is 0. The van der Waals surface area contributed by atoms with Crippen molar-refractivity contribution in [3.8, 4) is 44.5 Å². The molecule has 0 unspecified atom stereocenters. The molecule has 11 rings (SSSR count). The van der Waals surface area contributed by atoms with Crippen LogP contribution >= 0.6 is 0 Å². The van der Waals surface area contributed by atoms with E-state index in [1.165, 1.54) is 132 Å². The Morgan fingerprint density at radius 3 is 1.35 bits per heavy atom. The number of fused-ring (bicyclic) bond motifs is 5. The van der Waals surface area contributed by atoms with Gasteiger partial charge in [-0.2, -0.15) is 0 Å². The lowest BCUT2D eigenvalue weighted by Crippen LogP contribution is -1.94. The van der Waals surface area contributed by atoms with Gasteiger partial charge in [-0.25, -0.2) is 0 Å². The molecule has 0 heterocycles. The van der Waals surface area contributed by atoms with Crippen molar-refractivity contribution in [1.29, 1.82) is 0 Å². The fraction of sp³-hybridized carbons (Fsp3) is 0.0588. The Balaban J connectivity index is 1.07. The molecule has 0 N–H and O–H groups in total. The first-order chi connectivity index (χ1) is 33.4. The highest BCUT2D eigenvalue weighted by atomic mass is 14.2. The average molecular weight is 869 g/mol. The van der Waals surface area contributed by atoms with Crippen LogP contribution in [0.1, 0.15) is 44.4 Å². The van der Waals surface area contributed by atoms with Crippen molar-refractivity contribution in [2.45, 2.75) is 27.7 Å². The van der Waals surface area contributed by atoms with Crippen LogP contribution in [0.3, 0.4) is 0 Å². The lowest BCUT2D eigenvalue weighted by atomic mass is 9.84. The third-order valence-corrected chi connectivity index (χ3v) is 13.9. The van der Waals surface area contributed by atoms with Gasteiger partial charge in [-0.3, -0.25) is 0 Å². The van der Waals surface area contributed by atoms with Gasteiger partial charge in [0.15, 0.2) is 0 Å². The lowest BCUT2D eigenvalue weighted by Gasteiger charge is -2.19. The molecule has 0 nitrogen and oxygen atoms in total. The molecule has 68 heavy (non-hydrogen) atoms. The predicted molar refractivity (Wildman–Crippen MR) is 298 cm³/mol. The van der Waals surface area contributed by atoms with E-state index < -0.39 is 0 Å². The summed E-state index contributed by atoms with van der Waals surface area (Å²) in [4.78, 5) is 0. The van der Waals surface area contributed by atoms with Crippen LogP contribution in [0.25, 0.3) is 115 Å². The van der Waals surface area contributed by atoms with Gasteiger partial charge < -0.3 is 0 Å². The summed E-state index contributed by atoms with van der Waals surface area (Å²) in [5.74, 6) is 0. The summed E-state index contributed by atoms with van der Waals surface area (Å²) < 4.78 is 0. The van der Waals surface area contributed by atoms with Crippen molar-refractivity contribution in [2.75, 3.05) is 0 Å². The van der Waals surface area contributed by atoms with Gasteiger partial charge in [0, 0.05) is 0 Å². The molecule has 0 saturated heterocycles. The minimum Gasteiger partial charge on any atom is -0.0877 e. The Kier molecular flexibility index (Phi) is 11.3. The largest absolute Gasteiger partial charge is 0.0877 e. The Hall–Kier alpha value is -8.32. The fourth-order valence-corrected chi connectivity index (χ4v) is 10.4. The highest BCUT2D eigenvalue weighted by molar-refractivity contribution is 6.22. The average Bonchev–Trinajstić information content (AvgIpc) is 3.40. The SMILES string of the molecule is C/C=C\C=C(/C)c1ccc(-c2c3ccccc3c(/C(C)=C/C=C(\C)c3ccccc3)c3ccc(-c4ccc(-c5c6ccccc6c(-c6ccc7ccccc7c6)c6ccccc56)cc4)cc23)cc1. The highest BCUT2D eigenvalue weighted by Gasteiger charge is 2.19. The molecule has 0 amide bonds. The van der Waals surface area contributed by atoms with Crippen molar-refractivity contribution < 1.29 is 0 Å². The zero-order chi connectivity index (χ0) is 46.1. The first-order valence-corrected chi connectivity index (χ1v) is 23.8. The van der Waals surface area contributed by atoms with Crippen molar-refractivity contribution in [3.63, 3.8) is 0 Å². The van der Waals surface area contributed by atoms with Gasteiger partial charge in [0.2, 0.25) is 0 Å². The van der Waals surface area contributed by atoms with Crippen LogP contribution in [-0.4, -0.2) is 0 Å². The van der Waals surface area contributed by atoms with Crippen LogP contribution in [0.15, 0.2) is 243 Å². The van der Waals surface area contributed by atoms with Crippen molar-refractivity contribution >= 4 is 70.6 Å². The summed E-state index contributed by atoms with van der Waals surface area (Å²) in [5, 5.41) is 12.5. The monoisotopic (exact) mass is 868 g/mol. The van der Waals surface area contributed by atoms with Crippen LogP contribution in [0, 0.1) is 0 Å². The zero-order valence-electron chi connectivity index (χ0n) is 39.1. The quantitative estimate of drug-likeness (QED) is 0.100. The van der Waals surface area contributed by atoms with Crippen molar-refractivity contribution in [2.24, 2.45) is 0 Å². The molecule has 0 spiro atoms. The Labute approximate surface area is 400 Å². The van der Waals surface area contributed by atoms with Gasteiger partial charge in [0.05, 0.1) is 0 Å². The summed E-state index contributed by atoms with van der Waals surface area (Å²) in [6.07, 6.45) is 10.9. The van der Waals surface area contributed by atoms with E-state index in [-0.39, 0.29) is 0 Å². The number of hydrogen-bond donors (Lipinski definition) is 0. The van der Waals surface area contributed by atoms with Gasteiger partial charge in [-0.15, -0.1) is 0 Å². The number of allylic oxidation sites excluding steroid dienone is 8. The van der Waals surface area contributed by atoms with E-state index in [9.17, 15) is 0 Å². The van der Waals surface area contributed by atoms with Crippen LogP contribution in [0.4, 0.5) is 0 Å². The van der Waals surface area contributed by atoms with Gasteiger partial charge in [0.1, 0.15) is 0 Å². The molecule has 11 aromatic rings. The maximum absolute atomic E-state index is 2.43. The summed E-state index contributed by atoms with van der Waals surface area (Å²) in [5.41, 5.74) is 17.3. The maximum Gasteiger partial charge on any atom is -0.00262 e. The molecule has 11 aromatic carbocycles. The molecule has 0 bridgehead atoms. The van der Waals surface area contributed by atoms with Crippen LogP contribution in [-0.2, 0) is 0 Å². The maximum atomic E-state index is 2.43. The predicted octanol–water partition coefficient (Wildman–Crippen LogP) is 19.6. The standard InChI is InChI=1S/C68H52/c1-5-6-18-45(2)49-31-36-53(37-32-49)67-58-24-13-12-23-57(58)65(47(4)30-29-46(3)48-19-8-7-9-20-48)63-42-41-55(44-64(63)67)51-33-38-52(39-34-51)66-59-25-14-16-27-61(59)68(62-28-17-15-26-60(62)66)56-40-35-50-21-10-11-22-54(50)43-56/h5-44H,1-4H3/b6-5-,45-18+,46-29+,47-30+. The number of hydrogen-bond acceptors (Lipinski definition) is 0. The molecule has 0 aliphatic rings. The second-order valence-corrected chi connectivity index (χ2v) is 18.1. The second-order valence-electron chi connectivity index (χ2n) is 18.1. The van der Waals surface area contributed by atoms with Gasteiger partial charge in [-0.05, 0) is 172 Å². The summed E-state index contributed by atoms with van der Waals surface area (Å²) in [6.45, 7) is 8.70. The van der Waals surface area contributed by atoms with Crippen molar-refractivity contribution in [1.82, 2.24) is 0 Å². The minimum absolute atomic E-state index is 1.19. The molecule has 0 heteroatoms. The lowest BCUT2D eigenvalue weighted by molar-refractivity contribution is 1.55. The molecule has 0 atom stereocenters. The Bertz CT molecular complexity index is 3780. The molecule has 0 aliphatic carbocycles. The van der Waals surface area contributed by atoms with E-state index in [1.54, 1.807) is 0 Å². The Morgan fingerprint density at radius 1 is 0.294 bits per heavy atom. The molecule has 0 saturated carbocycles. The fourth-order valence-electron chi connectivity index (χ4n) is 10.4. The van der Waals surface area contributed by atoms with E-state index in [0.717, 1.165) is 0 Å². The number of rotatable bonds is 9. The smallest absolute Gasteiger partial charge is 0.00262 e. The molecular weight excluding hydrogens is 817 g/mol. The molecule has 324 valence electrons. The minimum atomic E-state index is 1.19. The first kappa shape index (κ1) is 42.3. The summed E-state index contributed by atoms with van der Waals surface area (Å²) in [6, 6.07) is 78.6. The van der Waals surface area contributed by atoms with E-state index in [4.69, 9.17) is 0 Å². The second kappa shape index (κ2) is 18.2. The summed E-state index contributed by atoms with van der Waals surface area (Å²) >= 11 is 0. The van der Waals surface area contributed by atoms with Crippen LogP contribution in [0.2, 0.25) is 0 Å². The third-order valence-electron chi connectivity index (χ3n) is 13.9. The topological polar surface area (TPSA) is 0 Å². The van der Waals surface area contributed by atoms with Crippen LogP contribution in [0.5, 0.6) is 0 Å². The number of benzene rings is 11. The van der Waals surface area contributed by atoms with E-state index in [1.807, 2.05) is 0 Å².